The van der Waals surface area contributed by atoms with Crippen LogP contribution in [0.2, 0.25) is 0 Å². The molecule has 0 radical (unpaired) electrons. The summed E-state index contributed by atoms with van der Waals surface area (Å²) in [5.74, 6) is -0.897. The van der Waals surface area contributed by atoms with Gasteiger partial charge in [0.2, 0.25) is 0 Å². The van der Waals surface area contributed by atoms with Crippen molar-refractivity contribution in [1.29, 1.82) is 0 Å². The zero-order chi connectivity index (χ0) is 27.9. The number of hydrogen-bond donors (Lipinski definition) is 3. The highest BCUT2D eigenvalue weighted by Gasteiger charge is 2.34. The quantitative estimate of drug-likeness (QED) is 0.398. The molecule has 2 aromatic heterocycles. The van der Waals surface area contributed by atoms with Crippen molar-refractivity contribution in [2.45, 2.75) is 64.1 Å². The fraction of sp³-hybridized carbons (Fsp3) is 0.519. The molecule has 2 aliphatic heterocycles. The molecule has 39 heavy (non-hydrogen) atoms. The van der Waals surface area contributed by atoms with Crippen molar-refractivity contribution < 1.29 is 28.2 Å². The molecule has 3 aromatic rings. The molecular weight excluding hydrogens is 513 g/mol. The molecule has 2 atom stereocenters. The summed E-state index contributed by atoms with van der Waals surface area (Å²) in [6.07, 6.45) is -0.400. The van der Waals surface area contributed by atoms with E-state index >= 15 is 0 Å². The van der Waals surface area contributed by atoms with Gasteiger partial charge >= 0.3 is 0 Å². The molecular formula is C27H33F3N6O3. The predicted octanol–water partition coefficient (Wildman–Crippen LogP) is 3.25. The maximum atomic E-state index is 14.6. The maximum absolute atomic E-state index is 14.6. The second kappa shape index (κ2) is 10.7. The summed E-state index contributed by atoms with van der Waals surface area (Å²) in [6, 6.07) is 5.54. The first kappa shape index (κ1) is 27.4. The van der Waals surface area contributed by atoms with Gasteiger partial charge in [-0.25, -0.2) is 22.7 Å². The average molecular weight is 547 g/mol. The van der Waals surface area contributed by atoms with Gasteiger partial charge in [0.05, 0.1) is 23.2 Å². The number of aromatic nitrogens is 3. The van der Waals surface area contributed by atoms with Crippen LogP contribution in [0.25, 0.3) is 5.65 Å². The summed E-state index contributed by atoms with van der Waals surface area (Å²) in [7, 11) is 0. The lowest BCUT2D eigenvalue weighted by atomic mass is 9.91. The van der Waals surface area contributed by atoms with Crippen LogP contribution in [-0.2, 0) is 13.1 Å². The third-order valence-electron chi connectivity index (χ3n) is 7.68. The number of aliphatic hydroxyl groups excluding tert-OH is 1. The molecule has 12 heteroatoms. The van der Waals surface area contributed by atoms with Crippen LogP contribution in [-0.4, -0.2) is 79.6 Å². The van der Waals surface area contributed by atoms with Gasteiger partial charge in [-0.05, 0) is 61.9 Å². The second-order valence-corrected chi connectivity index (χ2v) is 11.0. The third-order valence-corrected chi connectivity index (χ3v) is 7.68. The lowest BCUT2D eigenvalue weighted by Gasteiger charge is -2.36. The Balaban J connectivity index is 1.41. The van der Waals surface area contributed by atoms with E-state index in [9.17, 15) is 28.2 Å². The third kappa shape index (κ3) is 5.73. The zero-order valence-electron chi connectivity index (χ0n) is 21.9. The van der Waals surface area contributed by atoms with Gasteiger partial charge in [0.15, 0.2) is 5.65 Å². The number of piperidine rings is 1. The maximum Gasteiger partial charge on any atom is 0.264 e. The molecule has 1 fully saturated rings. The van der Waals surface area contributed by atoms with Crippen LogP contribution in [0.5, 0.6) is 0 Å². The van der Waals surface area contributed by atoms with Gasteiger partial charge < -0.3 is 20.4 Å². The molecule has 0 aliphatic carbocycles. The fourth-order valence-corrected chi connectivity index (χ4v) is 5.31. The Hall–Kier alpha value is -3.22. The molecule has 0 spiro atoms. The minimum atomic E-state index is -2.79. The van der Waals surface area contributed by atoms with Crippen LogP contribution >= 0.6 is 0 Å². The fourth-order valence-electron chi connectivity index (χ4n) is 5.31. The number of aliphatic hydroxyl groups is 2. The lowest BCUT2D eigenvalue weighted by molar-refractivity contribution is -0.0441. The Morgan fingerprint density at radius 1 is 1.18 bits per heavy atom. The first-order valence-corrected chi connectivity index (χ1v) is 13.1. The van der Waals surface area contributed by atoms with Crippen LogP contribution in [0, 0.1) is 5.92 Å². The molecule has 1 aromatic carbocycles. The normalized spacial score (nSPS) is 18.5. The summed E-state index contributed by atoms with van der Waals surface area (Å²) in [4.78, 5) is 21.5. The molecule has 2 aliphatic rings. The van der Waals surface area contributed by atoms with Crippen LogP contribution < -0.4 is 10.2 Å². The molecule has 4 heterocycles. The topological polar surface area (TPSA) is 106 Å². The van der Waals surface area contributed by atoms with Crippen molar-refractivity contribution in [3.05, 3.63) is 53.5 Å². The van der Waals surface area contributed by atoms with Crippen molar-refractivity contribution in [3.8, 4) is 0 Å². The van der Waals surface area contributed by atoms with E-state index in [1.807, 2.05) is 21.9 Å². The van der Waals surface area contributed by atoms with E-state index in [1.165, 1.54) is 24.6 Å². The molecule has 1 saturated heterocycles. The highest BCUT2D eigenvalue weighted by atomic mass is 19.3. The number of carbonyl (C=O) groups excluding carboxylic acids is 1. The number of anilines is 2. The largest absolute Gasteiger partial charge is 0.387 e. The van der Waals surface area contributed by atoms with E-state index in [-0.39, 0.29) is 6.54 Å². The summed E-state index contributed by atoms with van der Waals surface area (Å²) < 4.78 is 42.2. The van der Waals surface area contributed by atoms with Crippen LogP contribution in [0.15, 0.2) is 36.8 Å². The van der Waals surface area contributed by atoms with Crippen molar-refractivity contribution in [2.75, 3.05) is 29.9 Å². The van der Waals surface area contributed by atoms with E-state index in [1.54, 1.807) is 18.5 Å². The number of rotatable bonds is 8. The highest BCUT2D eigenvalue weighted by molar-refractivity contribution is 6.09. The smallest absolute Gasteiger partial charge is 0.264 e. The monoisotopic (exact) mass is 546 g/mol. The molecule has 5 rings (SSSR count). The van der Waals surface area contributed by atoms with Crippen molar-refractivity contribution in [2.24, 2.45) is 5.92 Å². The number of fused-ring (bicyclic) bond motifs is 2. The van der Waals surface area contributed by atoms with Gasteiger partial charge in [-0.1, -0.05) is 0 Å². The number of hydrogen-bond acceptors (Lipinski definition) is 7. The number of nitrogens with one attached hydrogen (secondary N) is 1. The number of benzene rings is 1. The summed E-state index contributed by atoms with van der Waals surface area (Å²) in [5, 5.41) is 27.1. The van der Waals surface area contributed by atoms with E-state index in [0.29, 0.717) is 55.9 Å². The van der Waals surface area contributed by atoms with Crippen LogP contribution in [0.1, 0.15) is 48.2 Å². The minimum absolute atomic E-state index is 0.0557. The molecule has 0 unspecified atom stereocenters. The number of nitrogens with zero attached hydrogens (tertiary/aromatic N) is 5. The number of alkyl halides is 3. The molecule has 3 N–H and O–H groups in total. The number of halogens is 3. The van der Waals surface area contributed by atoms with Crippen molar-refractivity contribution >= 4 is 22.9 Å². The molecule has 0 bridgehead atoms. The Labute approximate surface area is 224 Å². The van der Waals surface area contributed by atoms with Crippen LogP contribution in [0.4, 0.5) is 24.5 Å². The lowest BCUT2D eigenvalue weighted by Crippen LogP contribution is -2.40. The number of carbonyl (C=O) groups is 1. The van der Waals surface area contributed by atoms with E-state index < -0.39 is 36.1 Å². The minimum Gasteiger partial charge on any atom is -0.387 e. The second-order valence-electron chi connectivity index (χ2n) is 11.0. The van der Waals surface area contributed by atoms with Crippen LogP contribution in [0.3, 0.4) is 0 Å². The van der Waals surface area contributed by atoms with E-state index in [4.69, 9.17) is 0 Å². The Bertz CT molecular complexity index is 1340. The highest BCUT2D eigenvalue weighted by Crippen LogP contribution is 2.37. The SMILES string of the molecule is CC(C)(O)[C@H](F)CN1Cc2cc(NC(=O)c3cnn4cccnc34)c(N3CCC([C@H](O)C(F)F)CC3)cc2C1. The zero-order valence-corrected chi connectivity index (χ0v) is 21.9. The molecule has 1 amide bonds. The first-order valence-electron chi connectivity index (χ1n) is 13.1. The molecule has 0 saturated carbocycles. The van der Waals surface area contributed by atoms with Gasteiger partial charge in [0.25, 0.3) is 12.3 Å². The Morgan fingerprint density at radius 3 is 2.54 bits per heavy atom. The van der Waals surface area contributed by atoms with Gasteiger partial charge in [-0.3, -0.25) is 9.69 Å². The van der Waals surface area contributed by atoms with Gasteiger partial charge in [0, 0.05) is 45.1 Å². The Morgan fingerprint density at radius 2 is 1.87 bits per heavy atom. The average Bonchev–Trinajstić information content (AvgIpc) is 3.50. The Kier molecular flexibility index (Phi) is 7.53. The van der Waals surface area contributed by atoms with Gasteiger partial charge in [0.1, 0.15) is 17.8 Å². The van der Waals surface area contributed by atoms with Gasteiger partial charge in [-0.2, -0.15) is 5.10 Å². The molecule has 9 nitrogen and oxygen atoms in total. The predicted molar refractivity (Wildman–Crippen MR) is 140 cm³/mol. The summed E-state index contributed by atoms with van der Waals surface area (Å²) >= 11 is 0. The standard InChI is InChI=1S/C27H33F3N6O3/c1-27(2,39)22(28)15-34-13-17-10-20(33-26(38)19-12-32-36-7-3-6-31-25(19)36)21(11-18(17)14-34)35-8-4-16(5-9-35)23(37)24(29)30/h3,6-7,10-12,16,22-24,37,39H,4-5,8-9,13-15H2,1-2H3,(H,33,38)/t22-,23+/m1/s1. The van der Waals surface area contributed by atoms with Crippen molar-refractivity contribution in [1.82, 2.24) is 19.5 Å². The van der Waals surface area contributed by atoms with Gasteiger partial charge in [-0.15, -0.1) is 0 Å². The van der Waals surface area contributed by atoms with Crippen molar-refractivity contribution in [3.63, 3.8) is 0 Å². The van der Waals surface area contributed by atoms with E-state index in [0.717, 1.165) is 16.8 Å². The summed E-state index contributed by atoms with van der Waals surface area (Å²) in [6.45, 7) is 4.74. The first-order chi connectivity index (χ1) is 18.5. The molecule has 210 valence electrons. The van der Waals surface area contributed by atoms with E-state index in [2.05, 4.69) is 15.4 Å². The number of amides is 1. The summed E-state index contributed by atoms with van der Waals surface area (Å²) in [5.41, 5.74) is 2.42.